The van der Waals surface area contributed by atoms with E-state index in [0.29, 0.717) is 11.1 Å². The van der Waals surface area contributed by atoms with E-state index in [9.17, 15) is 15.0 Å². The molecule has 2 aromatic rings. The van der Waals surface area contributed by atoms with E-state index in [0.717, 1.165) is 11.1 Å². The van der Waals surface area contributed by atoms with Gasteiger partial charge < -0.3 is 14.9 Å². The van der Waals surface area contributed by atoms with Crippen LogP contribution in [-0.4, -0.2) is 23.3 Å². The molecule has 2 aromatic carbocycles. The second-order valence-electron chi connectivity index (χ2n) is 6.17. The minimum absolute atomic E-state index is 0.529. The summed E-state index contributed by atoms with van der Waals surface area (Å²) in [6, 6.07) is 14.7. The highest BCUT2D eigenvalue weighted by Gasteiger charge is 2.58. The predicted octanol–water partition coefficient (Wildman–Crippen LogP) is 2.57. The van der Waals surface area contributed by atoms with Gasteiger partial charge in [-0.15, -0.1) is 0 Å². The van der Waals surface area contributed by atoms with Gasteiger partial charge in [-0.1, -0.05) is 48.5 Å². The average molecular weight is 312 g/mol. The van der Waals surface area contributed by atoms with Crippen LogP contribution < -0.4 is 0 Å². The molecule has 0 saturated carbocycles. The number of fused-ring (bicyclic) bond motifs is 3. The van der Waals surface area contributed by atoms with Gasteiger partial charge in [-0.05, 0) is 36.1 Å². The summed E-state index contributed by atoms with van der Waals surface area (Å²) < 4.78 is 4.82. The Morgan fingerprint density at radius 3 is 2.04 bits per heavy atom. The smallest absolute Gasteiger partial charge is 0.311 e. The molecule has 120 valence electrons. The van der Waals surface area contributed by atoms with Crippen LogP contribution in [0.1, 0.15) is 25.0 Å². The highest BCUT2D eigenvalue weighted by atomic mass is 16.5. The SMILES string of the molecule is COC(=O)[C@H](C)[C@@]1(O)c2ccccc2-c2ccccc2[C@@]1(C)O. The summed E-state index contributed by atoms with van der Waals surface area (Å²) in [5, 5.41) is 22.8. The Balaban J connectivity index is 2.36. The van der Waals surface area contributed by atoms with Crippen LogP contribution in [-0.2, 0) is 20.7 Å². The van der Waals surface area contributed by atoms with Crippen molar-refractivity contribution in [2.45, 2.75) is 25.0 Å². The monoisotopic (exact) mass is 312 g/mol. The zero-order valence-corrected chi connectivity index (χ0v) is 13.4. The number of ether oxygens (including phenoxy) is 1. The van der Waals surface area contributed by atoms with Crippen molar-refractivity contribution in [1.29, 1.82) is 0 Å². The molecule has 1 aliphatic carbocycles. The molecule has 23 heavy (non-hydrogen) atoms. The largest absolute Gasteiger partial charge is 0.469 e. The van der Waals surface area contributed by atoms with E-state index in [-0.39, 0.29) is 0 Å². The number of hydrogen-bond donors (Lipinski definition) is 2. The molecular weight excluding hydrogens is 292 g/mol. The quantitative estimate of drug-likeness (QED) is 0.837. The number of rotatable bonds is 2. The molecule has 0 fully saturated rings. The van der Waals surface area contributed by atoms with Gasteiger partial charge in [0.05, 0.1) is 13.0 Å². The summed E-state index contributed by atoms with van der Waals surface area (Å²) in [5.41, 5.74) is -0.627. The average Bonchev–Trinajstić information content (AvgIpc) is 2.58. The predicted molar refractivity (Wildman–Crippen MR) is 86.5 cm³/mol. The first kappa shape index (κ1) is 15.7. The van der Waals surface area contributed by atoms with Crippen LogP contribution in [0.3, 0.4) is 0 Å². The lowest BCUT2D eigenvalue weighted by Gasteiger charge is -2.49. The van der Waals surface area contributed by atoms with Gasteiger partial charge >= 0.3 is 5.97 Å². The van der Waals surface area contributed by atoms with Crippen molar-refractivity contribution < 1.29 is 19.7 Å². The number of aliphatic hydroxyl groups is 2. The molecule has 4 nitrogen and oxygen atoms in total. The number of benzene rings is 2. The van der Waals surface area contributed by atoms with Crippen LogP contribution >= 0.6 is 0 Å². The fourth-order valence-electron chi connectivity index (χ4n) is 3.66. The van der Waals surface area contributed by atoms with Crippen LogP contribution in [0.4, 0.5) is 0 Å². The summed E-state index contributed by atoms with van der Waals surface area (Å²) in [6.45, 7) is 3.12. The minimum Gasteiger partial charge on any atom is -0.469 e. The Hall–Kier alpha value is -2.17. The molecule has 3 rings (SSSR count). The van der Waals surface area contributed by atoms with E-state index in [4.69, 9.17) is 4.74 Å². The second kappa shape index (κ2) is 5.18. The number of hydrogen-bond acceptors (Lipinski definition) is 4. The van der Waals surface area contributed by atoms with Gasteiger partial charge in [0.2, 0.25) is 0 Å². The summed E-state index contributed by atoms with van der Waals surface area (Å²) in [7, 11) is 1.28. The molecule has 1 aliphatic rings. The van der Waals surface area contributed by atoms with Crippen molar-refractivity contribution >= 4 is 5.97 Å². The first-order valence-electron chi connectivity index (χ1n) is 7.57. The molecular formula is C19H20O4. The molecule has 0 aliphatic heterocycles. The number of esters is 1. The minimum atomic E-state index is -1.79. The van der Waals surface area contributed by atoms with Crippen molar-refractivity contribution in [3.8, 4) is 11.1 Å². The van der Waals surface area contributed by atoms with Crippen LogP contribution in [0.15, 0.2) is 48.5 Å². The Kier molecular flexibility index (Phi) is 3.54. The Labute approximate surface area is 135 Å². The van der Waals surface area contributed by atoms with Gasteiger partial charge in [-0.25, -0.2) is 0 Å². The highest BCUT2D eigenvalue weighted by Crippen LogP contribution is 2.54. The lowest BCUT2D eigenvalue weighted by molar-refractivity contribution is -0.199. The molecule has 0 bridgehead atoms. The van der Waals surface area contributed by atoms with E-state index < -0.39 is 23.1 Å². The highest BCUT2D eigenvalue weighted by molar-refractivity contribution is 5.81. The van der Waals surface area contributed by atoms with E-state index in [2.05, 4.69) is 0 Å². The number of carbonyl (C=O) groups is 1. The van der Waals surface area contributed by atoms with Crippen molar-refractivity contribution in [2.24, 2.45) is 5.92 Å². The standard InChI is InChI=1S/C19H20O4/c1-12(17(20)23-3)19(22)16-11-7-5-9-14(16)13-8-4-6-10-15(13)18(19,2)21/h4-12,21-22H,1-3H3/t12-,18+,19+/m0/s1. The van der Waals surface area contributed by atoms with Crippen molar-refractivity contribution in [3.63, 3.8) is 0 Å². The molecule has 0 amide bonds. The third-order valence-corrected chi connectivity index (χ3v) is 5.00. The van der Waals surface area contributed by atoms with E-state index in [1.807, 2.05) is 30.3 Å². The molecule has 0 radical (unpaired) electrons. The Morgan fingerprint density at radius 2 is 1.48 bits per heavy atom. The molecule has 0 heterocycles. The van der Waals surface area contributed by atoms with Crippen LogP contribution in [0.25, 0.3) is 11.1 Å². The molecule has 2 N–H and O–H groups in total. The molecule has 3 atom stereocenters. The van der Waals surface area contributed by atoms with Crippen LogP contribution in [0.5, 0.6) is 0 Å². The van der Waals surface area contributed by atoms with Crippen molar-refractivity contribution in [1.82, 2.24) is 0 Å². The number of methoxy groups -OCH3 is 1. The van der Waals surface area contributed by atoms with E-state index in [1.54, 1.807) is 32.0 Å². The maximum atomic E-state index is 12.1. The van der Waals surface area contributed by atoms with E-state index in [1.165, 1.54) is 7.11 Å². The molecule has 0 saturated heterocycles. The van der Waals surface area contributed by atoms with Crippen molar-refractivity contribution in [3.05, 3.63) is 59.7 Å². The summed E-state index contributed by atoms with van der Waals surface area (Å²) >= 11 is 0. The normalized spacial score (nSPS) is 26.8. The zero-order chi connectivity index (χ0) is 16.8. The molecule has 0 unspecified atom stereocenters. The summed E-state index contributed by atoms with van der Waals surface area (Å²) in [5.74, 6) is -1.50. The molecule has 0 aromatic heterocycles. The fraction of sp³-hybridized carbons (Fsp3) is 0.316. The summed E-state index contributed by atoms with van der Waals surface area (Å²) in [6.07, 6.45) is 0. The van der Waals surface area contributed by atoms with Gasteiger partial charge in [0.15, 0.2) is 0 Å². The molecule has 4 heteroatoms. The third-order valence-electron chi connectivity index (χ3n) is 5.00. The maximum absolute atomic E-state index is 12.1. The van der Waals surface area contributed by atoms with E-state index >= 15 is 0 Å². The second-order valence-corrected chi connectivity index (χ2v) is 6.17. The lowest BCUT2D eigenvalue weighted by atomic mass is 9.61. The fourth-order valence-corrected chi connectivity index (χ4v) is 3.66. The van der Waals surface area contributed by atoms with Crippen LogP contribution in [0.2, 0.25) is 0 Å². The summed E-state index contributed by atoms with van der Waals surface area (Å²) in [4.78, 5) is 12.1. The zero-order valence-electron chi connectivity index (χ0n) is 13.4. The van der Waals surface area contributed by atoms with Crippen LogP contribution in [0, 0.1) is 5.92 Å². The van der Waals surface area contributed by atoms with Gasteiger partial charge in [0, 0.05) is 0 Å². The first-order chi connectivity index (χ1) is 10.9. The van der Waals surface area contributed by atoms with Gasteiger partial charge in [-0.3, -0.25) is 4.79 Å². The topological polar surface area (TPSA) is 66.8 Å². The van der Waals surface area contributed by atoms with Gasteiger partial charge in [-0.2, -0.15) is 0 Å². The molecule has 0 spiro atoms. The van der Waals surface area contributed by atoms with Gasteiger partial charge in [0.1, 0.15) is 11.2 Å². The number of carbonyl (C=O) groups excluding carboxylic acids is 1. The lowest BCUT2D eigenvalue weighted by Crippen LogP contribution is -2.56. The maximum Gasteiger partial charge on any atom is 0.311 e. The first-order valence-corrected chi connectivity index (χ1v) is 7.57. The van der Waals surface area contributed by atoms with Crippen molar-refractivity contribution in [2.75, 3.05) is 7.11 Å². The van der Waals surface area contributed by atoms with Gasteiger partial charge in [0.25, 0.3) is 0 Å². The Morgan fingerprint density at radius 1 is 1.00 bits per heavy atom. The Bertz CT molecular complexity index is 765. The third kappa shape index (κ3) is 1.95.